The molecule has 26 heavy (non-hydrogen) atoms. The average Bonchev–Trinajstić information content (AvgIpc) is 2.80. The fourth-order valence-electron chi connectivity index (χ4n) is 3.11. The van der Waals surface area contributed by atoms with Crippen LogP contribution in [0.5, 0.6) is 0 Å². The molecule has 1 aromatic rings. The van der Waals surface area contributed by atoms with E-state index in [1.807, 2.05) is 0 Å². The molecule has 0 aliphatic carbocycles. The maximum absolute atomic E-state index is 13.0. The number of hydrogen-bond acceptors (Lipinski definition) is 6. The van der Waals surface area contributed by atoms with E-state index in [4.69, 9.17) is 0 Å². The molecule has 0 spiro atoms. The molecular weight excluding hydrogens is 342 g/mol. The van der Waals surface area contributed by atoms with E-state index in [0.717, 1.165) is 18.7 Å². The molecule has 1 fully saturated rings. The van der Waals surface area contributed by atoms with E-state index in [2.05, 4.69) is 10.1 Å². The van der Waals surface area contributed by atoms with Gasteiger partial charge in [0, 0.05) is 39.3 Å². The lowest BCUT2D eigenvalue weighted by Gasteiger charge is -2.24. The molecule has 2 unspecified atom stereocenters. The number of nitrogens with one attached hydrogen (secondary N) is 1. The van der Waals surface area contributed by atoms with Crippen LogP contribution in [0.25, 0.3) is 0 Å². The Labute approximate surface area is 149 Å². The maximum atomic E-state index is 13.0. The predicted octanol–water partition coefficient (Wildman–Crippen LogP) is -0.914. The molecule has 0 saturated carbocycles. The summed E-state index contributed by atoms with van der Waals surface area (Å²) in [6.07, 6.45) is 3.19. The van der Waals surface area contributed by atoms with Gasteiger partial charge in [-0.25, -0.2) is 9.36 Å². The number of aromatic nitrogens is 1. The zero-order chi connectivity index (χ0) is 19.5. The summed E-state index contributed by atoms with van der Waals surface area (Å²) in [5.41, 5.74) is -1.51. The fourth-order valence-corrected chi connectivity index (χ4v) is 3.11. The summed E-state index contributed by atoms with van der Waals surface area (Å²) in [4.78, 5) is 60.8. The summed E-state index contributed by atoms with van der Waals surface area (Å²) in [7, 11) is 0. The lowest BCUT2D eigenvalue weighted by molar-refractivity contribution is -0.702. The van der Waals surface area contributed by atoms with E-state index in [1.54, 1.807) is 35.2 Å². The lowest BCUT2D eigenvalue weighted by atomic mass is 9.94. The van der Waals surface area contributed by atoms with E-state index in [1.165, 1.54) is 6.92 Å². The summed E-state index contributed by atoms with van der Waals surface area (Å²) < 4.78 is 6.23. The Hall–Kier alpha value is -3.10. The largest absolute Gasteiger partial charge is 0.392 e. The Balaban J connectivity index is 2.45. The number of nitrogens with zero attached hydrogens (tertiary/aromatic N) is 2. The molecule has 1 saturated heterocycles. The number of carbonyl (C=O) groups excluding carboxylic acids is 5. The first-order chi connectivity index (χ1) is 12.2. The minimum absolute atomic E-state index is 0.0138. The molecule has 0 aromatic carbocycles. The van der Waals surface area contributed by atoms with Crippen molar-refractivity contribution in [2.24, 2.45) is 0 Å². The summed E-state index contributed by atoms with van der Waals surface area (Å²) in [5.74, 6) is -3.74. The summed E-state index contributed by atoms with van der Waals surface area (Å²) >= 11 is 0. The number of esters is 2. The molecule has 2 heterocycles. The van der Waals surface area contributed by atoms with E-state index >= 15 is 0 Å². The van der Waals surface area contributed by atoms with Crippen LogP contribution in [0, 0.1) is 0 Å². The van der Waals surface area contributed by atoms with Gasteiger partial charge in [-0.05, 0) is 0 Å². The van der Waals surface area contributed by atoms with E-state index in [9.17, 15) is 24.0 Å². The zero-order valence-corrected chi connectivity index (χ0v) is 14.7. The summed E-state index contributed by atoms with van der Waals surface area (Å²) in [6.45, 7) is 3.43. The number of likely N-dealkylation sites (tertiary alicyclic amines) is 1. The molecule has 2 atom stereocenters. The molecule has 1 aliphatic rings. The zero-order valence-electron chi connectivity index (χ0n) is 14.7. The van der Waals surface area contributed by atoms with Crippen molar-refractivity contribution in [3.8, 4) is 0 Å². The highest BCUT2D eigenvalue weighted by Crippen LogP contribution is 2.30. The van der Waals surface area contributed by atoms with E-state index in [0.29, 0.717) is 0 Å². The fraction of sp³-hybridized carbons (Fsp3) is 0.412. The molecular formula is C17H20N3O6+. The maximum Gasteiger partial charge on any atom is 0.337 e. The molecule has 0 bridgehead atoms. The first kappa shape index (κ1) is 19.2. The second-order valence-corrected chi connectivity index (χ2v) is 6.14. The van der Waals surface area contributed by atoms with E-state index < -0.39 is 41.2 Å². The topological polar surface area (TPSA) is 114 Å². The summed E-state index contributed by atoms with van der Waals surface area (Å²) in [6, 6.07) is 3.98. The highest BCUT2D eigenvalue weighted by atomic mass is 16.6. The van der Waals surface area contributed by atoms with E-state index in [-0.39, 0.29) is 13.0 Å². The van der Waals surface area contributed by atoms with Crippen LogP contribution >= 0.6 is 0 Å². The molecule has 138 valence electrons. The molecule has 0 radical (unpaired) electrons. The number of imide groups is 1. The standard InChI is InChI=1S/C17H19N3O6/c1-11(21)18-17(10-19-7-5-4-6-8-19)9-14(15(24)26-13(3)23)20(12(2)22)16(17)25/h4-8,14H,9-10H2,1-3H3/p+1. The van der Waals surface area contributed by atoms with Crippen LogP contribution in [0.15, 0.2) is 30.6 Å². The first-order valence-corrected chi connectivity index (χ1v) is 7.95. The lowest BCUT2D eigenvalue weighted by Crippen LogP contribution is -2.61. The van der Waals surface area contributed by atoms with Gasteiger partial charge in [-0.2, -0.15) is 0 Å². The van der Waals surface area contributed by atoms with Crippen LogP contribution in [-0.4, -0.2) is 46.1 Å². The van der Waals surface area contributed by atoms with Crippen molar-refractivity contribution in [3.05, 3.63) is 30.6 Å². The van der Waals surface area contributed by atoms with Gasteiger partial charge in [0.15, 0.2) is 24.5 Å². The monoisotopic (exact) mass is 362 g/mol. The molecule has 9 nitrogen and oxygen atoms in total. The van der Waals surface area contributed by atoms with Crippen molar-refractivity contribution in [1.29, 1.82) is 0 Å². The summed E-state index contributed by atoms with van der Waals surface area (Å²) in [5, 5.41) is 2.58. The number of amides is 3. The van der Waals surface area contributed by atoms with Crippen molar-refractivity contribution < 1.29 is 33.3 Å². The Morgan fingerprint density at radius 2 is 1.81 bits per heavy atom. The third-order valence-corrected chi connectivity index (χ3v) is 3.98. The Kier molecular flexibility index (Phi) is 5.49. The molecule has 1 N–H and O–H groups in total. The SMILES string of the molecule is CC(=O)NC1(C[n+]2ccccc2)CC(C(=O)OC(C)=O)N(C(C)=O)C1=O. The van der Waals surface area contributed by atoms with Crippen molar-refractivity contribution >= 4 is 29.7 Å². The number of hydrogen-bond donors (Lipinski definition) is 1. The van der Waals surface area contributed by atoms with Crippen LogP contribution in [0.4, 0.5) is 0 Å². The van der Waals surface area contributed by atoms with Crippen LogP contribution in [0.1, 0.15) is 27.2 Å². The van der Waals surface area contributed by atoms with Gasteiger partial charge in [0.1, 0.15) is 6.04 Å². The quantitative estimate of drug-likeness (QED) is 0.421. The molecule has 1 aromatic heterocycles. The van der Waals surface area contributed by atoms with Crippen molar-refractivity contribution in [2.75, 3.05) is 0 Å². The van der Waals surface area contributed by atoms with Gasteiger partial charge < -0.3 is 10.1 Å². The average molecular weight is 362 g/mol. The molecule has 3 amide bonds. The van der Waals surface area contributed by atoms with Gasteiger partial charge in [0.05, 0.1) is 0 Å². The Morgan fingerprint density at radius 3 is 2.31 bits per heavy atom. The van der Waals surface area contributed by atoms with Crippen LogP contribution < -0.4 is 9.88 Å². The van der Waals surface area contributed by atoms with Crippen LogP contribution in [-0.2, 0) is 35.3 Å². The Morgan fingerprint density at radius 1 is 1.19 bits per heavy atom. The number of ether oxygens (including phenoxy) is 1. The highest BCUT2D eigenvalue weighted by Gasteiger charge is 2.59. The molecule has 1 aliphatic heterocycles. The van der Waals surface area contributed by atoms with Crippen molar-refractivity contribution in [3.63, 3.8) is 0 Å². The smallest absolute Gasteiger partial charge is 0.337 e. The number of carbonyl (C=O) groups is 5. The minimum atomic E-state index is -1.51. The molecule has 9 heteroatoms. The highest BCUT2D eigenvalue weighted by molar-refractivity contribution is 6.07. The van der Waals surface area contributed by atoms with Crippen LogP contribution in [0.3, 0.4) is 0 Å². The van der Waals surface area contributed by atoms with Gasteiger partial charge in [-0.1, -0.05) is 6.07 Å². The first-order valence-electron chi connectivity index (χ1n) is 7.95. The van der Waals surface area contributed by atoms with Gasteiger partial charge in [0.25, 0.3) is 5.91 Å². The Bertz CT molecular complexity index is 763. The second kappa shape index (κ2) is 7.42. The van der Waals surface area contributed by atoms with Crippen molar-refractivity contribution in [2.45, 2.75) is 45.3 Å². The van der Waals surface area contributed by atoms with Crippen molar-refractivity contribution in [1.82, 2.24) is 10.2 Å². The normalized spacial score (nSPS) is 22.0. The van der Waals surface area contributed by atoms with Gasteiger partial charge in [-0.3, -0.25) is 24.1 Å². The van der Waals surface area contributed by atoms with Gasteiger partial charge in [-0.15, -0.1) is 0 Å². The third-order valence-electron chi connectivity index (χ3n) is 3.98. The minimum Gasteiger partial charge on any atom is -0.392 e. The van der Waals surface area contributed by atoms with Gasteiger partial charge in [0.2, 0.25) is 11.8 Å². The number of pyridine rings is 1. The predicted molar refractivity (Wildman–Crippen MR) is 85.9 cm³/mol. The van der Waals surface area contributed by atoms with Gasteiger partial charge >= 0.3 is 11.9 Å². The second-order valence-electron chi connectivity index (χ2n) is 6.14. The third kappa shape index (κ3) is 3.93. The number of rotatable bonds is 4. The molecule has 2 rings (SSSR count). The van der Waals surface area contributed by atoms with Crippen LogP contribution in [0.2, 0.25) is 0 Å².